The van der Waals surface area contributed by atoms with Crippen molar-refractivity contribution in [2.45, 2.75) is 58.5 Å². The zero-order valence-electron chi connectivity index (χ0n) is 13.8. The van der Waals surface area contributed by atoms with Gasteiger partial charge >= 0.3 is 0 Å². The van der Waals surface area contributed by atoms with Crippen LogP contribution in [0.25, 0.3) is 0 Å². The van der Waals surface area contributed by atoms with E-state index in [9.17, 15) is 0 Å². The highest BCUT2D eigenvalue weighted by Crippen LogP contribution is 2.40. The summed E-state index contributed by atoms with van der Waals surface area (Å²) in [6.45, 7) is 10.3. The van der Waals surface area contributed by atoms with E-state index in [0.717, 1.165) is 19.1 Å². The summed E-state index contributed by atoms with van der Waals surface area (Å²) < 4.78 is 5.86. The first-order chi connectivity index (χ1) is 9.67. The van der Waals surface area contributed by atoms with Gasteiger partial charge in [-0.25, -0.2) is 0 Å². The summed E-state index contributed by atoms with van der Waals surface area (Å²) in [4.78, 5) is 2.68. The molecule has 0 bridgehead atoms. The molecule has 0 radical (unpaired) electrons. The molecule has 1 aliphatic heterocycles. The number of piperidine rings is 1. The van der Waals surface area contributed by atoms with Crippen LogP contribution in [0.4, 0.5) is 0 Å². The second kappa shape index (κ2) is 7.77. The molecule has 1 saturated carbocycles. The van der Waals surface area contributed by atoms with Crippen LogP contribution in [0.5, 0.6) is 0 Å². The normalized spacial score (nSPS) is 36.1. The average molecular weight is 282 g/mol. The molecule has 2 rings (SSSR count). The van der Waals surface area contributed by atoms with Crippen LogP contribution in [-0.4, -0.2) is 50.8 Å². The van der Waals surface area contributed by atoms with Gasteiger partial charge in [-0.2, -0.15) is 0 Å². The van der Waals surface area contributed by atoms with Crippen LogP contribution in [-0.2, 0) is 4.74 Å². The van der Waals surface area contributed by atoms with Crippen LogP contribution < -0.4 is 5.32 Å². The van der Waals surface area contributed by atoms with Gasteiger partial charge in [0.2, 0.25) is 0 Å². The lowest BCUT2D eigenvalue weighted by Crippen LogP contribution is -2.50. The van der Waals surface area contributed by atoms with E-state index in [1.165, 1.54) is 58.2 Å². The summed E-state index contributed by atoms with van der Waals surface area (Å²) in [6.07, 6.45) is 8.65. The minimum absolute atomic E-state index is 0.474. The molecule has 20 heavy (non-hydrogen) atoms. The van der Waals surface area contributed by atoms with Crippen molar-refractivity contribution in [2.24, 2.45) is 11.3 Å². The van der Waals surface area contributed by atoms with Crippen LogP contribution >= 0.6 is 0 Å². The maximum atomic E-state index is 5.86. The molecule has 1 heterocycles. The molecule has 3 unspecified atom stereocenters. The number of ether oxygens (including phenoxy) is 1. The Hall–Kier alpha value is -0.120. The van der Waals surface area contributed by atoms with Crippen LogP contribution in [0.3, 0.4) is 0 Å². The van der Waals surface area contributed by atoms with Gasteiger partial charge in [-0.15, -0.1) is 0 Å². The number of likely N-dealkylation sites (tertiary alicyclic amines) is 1. The smallest absolute Gasteiger partial charge is 0.0702 e. The molecule has 3 atom stereocenters. The van der Waals surface area contributed by atoms with Crippen molar-refractivity contribution in [3.63, 3.8) is 0 Å². The Balaban J connectivity index is 1.93. The van der Waals surface area contributed by atoms with Crippen molar-refractivity contribution in [1.29, 1.82) is 0 Å². The molecule has 2 fully saturated rings. The first-order valence-corrected chi connectivity index (χ1v) is 8.66. The van der Waals surface area contributed by atoms with E-state index in [0.29, 0.717) is 11.5 Å². The third kappa shape index (κ3) is 4.44. The van der Waals surface area contributed by atoms with Crippen molar-refractivity contribution in [3.8, 4) is 0 Å². The summed E-state index contributed by atoms with van der Waals surface area (Å²) in [6, 6.07) is 0. The fourth-order valence-electron chi connectivity index (χ4n) is 4.51. The second-order valence-corrected chi connectivity index (χ2v) is 7.19. The topological polar surface area (TPSA) is 24.5 Å². The fourth-order valence-corrected chi connectivity index (χ4v) is 4.51. The summed E-state index contributed by atoms with van der Waals surface area (Å²) in [5.41, 5.74) is 0.501. The van der Waals surface area contributed by atoms with Gasteiger partial charge in [0.05, 0.1) is 6.10 Å². The van der Waals surface area contributed by atoms with E-state index in [1.54, 1.807) is 0 Å². The van der Waals surface area contributed by atoms with E-state index in [1.807, 2.05) is 0 Å². The second-order valence-electron chi connectivity index (χ2n) is 7.19. The highest BCUT2D eigenvalue weighted by atomic mass is 16.5. The van der Waals surface area contributed by atoms with E-state index < -0.39 is 0 Å². The predicted octanol–water partition coefficient (Wildman–Crippen LogP) is 2.90. The van der Waals surface area contributed by atoms with Gasteiger partial charge < -0.3 is 15.0 Å². The van der Waals surface area contributed by atoms with Crippen molar-refractivity contribution in [1.82, 2.24) is 10.2 Å². The molecule has 0 aromatic rings. The standard InChI is InChI=1S/C17H34N2O/c1-4-20-16-8-6-10-19(12-16)14-17(13-18-3)9-5-7-15(2)11-17/h15-16,18H,4-14H2,1-3H3. The maximum Gasteiger partial charge on any atom is 0.0702 e. The molecule has 0 spiro atoms. The van der Waals surface area contributed by atoms with Crippen molar-refractivity contribution in [2.75, 3.05) is 39.8 Å². The third-order valence-corrected chi connectivity index (χ3v) is 5.16. The number of hydrogen-bond acceptors (Lipinski definition) is 3. The molecule has 3 nitrogen and oxygen atoms in total. The van der Waals surface area contributed by atoms with Gasteiger partial charge in [-0.3, -0.25) is 0 Å². The van der Waals surface area contributed by atoms with Gasteiger partial charge in [0.15, 0.2) is 0 Å². The van der Waals surface area contributed by atoms with Gasteiger partial charge in [0, 0.05) is 26.2 Å². The molecule has 1 saturated heterocycles. The van der Waals surface area contributed by atoms with E-state index >= 15 is 0 Å². The van der Waals surface area contributed by atoms with Gasteiger partial charge in [-0.1, -0.05) is 19.8 Å². The zero-order valence-corrected chi connectivity index (χ0v) is 13.8. The van der Waals surface area contributed by atoms with Crippen molar-refractivity contribution in [3.05, 3.63) is 0 Å². The Morgan fingerprint density at radius 2 is 2.15 bits per heavy atom. The molecule has 118 valence electrons. The van der Waals surface area contributed by atoms with Crippen molar-refractivity contribution < 1.29 is 4.74 Å². The highest BCUT2D eigenvalue weighted by Gasteiger charge is 2.37. The molecular weight excluding hydrogens is 248 g/mol. The van der Waals surface area contributed by atoms with Gasteiger partial charge in [0.1, 0.15) is 0 Å². The van der Waals surface area contributed by atoms with Gasteiger partial charge in [-0.05, 0) is 57.5 Å². The highest BCUT2D eigenvalue weighted by molar-refractivity contribution is 4.91. The lowest BCUT2D eigenvalue weighted by molar-refractivity contribution is -0.0146. The fraction of sp³-hybridized carbons (Fsp3) is 1.00. The number of hydrogen-bond donors (Lipinski definition) is 1. The first-order valence-electron chi connectivity index (χ1n) is 8.66. The summed E-state index contributed by atoms with van der Waals surface area (Å²) in [5, 5.41) is 3.47. The number of nitrogens with one attached hydrogen (secondary N) is 1. The Morgan fingerprint density at radius 1 is 1.30 bits per heavy atom. The van der Waals surface area contributed by atoms with Crippen LogP contribution in [0.15, 0.2) is 0 Å². The molecule has 1 N–H and O–H groups in total. The van der Waals surface area contributed by atoms with Gasteiger partial charge in [0.25, 0.3) is 0 Å². The van der Waals surface area contributed by atoms with E-state index in [-0.39, 0.29) is 0 Å². The van der Waals surface area contributed by atoms with E-state index in [4.69, 9.17) is 4.74 Å². The van der Waals surface area contributed by atoms with Crippen LogP contribution in [0, 0.1) is 11.3 Å². The average Bonchev–Trinajstić information content (AvgIpc) is 2.39. The first kappa shape index (κ1) is 16.3. The molecule has 3 heteroatoms. The third-order valence-electron chi connectivity index (χ3n) is 5.16. The zero-order chi connectivity index (χ0) is 14.4. The molecular formula is C17H34N2O. The molecule has 0 aromatic heterocycles. The summed E-state index contributed by atoms with van der Waals surface area (Å²) in [5.74, 6) is 0.893. The summed E-state index contributed by atoms with van der Waals surface area (Å²) in [7, 11) is 2.11. The number of rotatable bonds is 6. The monoisotopic (exact) mass is 282 g/mol. The van der Waals surface area contributed by atoms with E-state index in [2.05, 4.69) is 31.1 Å². The lowest BCUT2D eigenvalue weighted by atomic mass is 9.69. The molecule has 0 amide bonds. The largest absolute Gasteiger partial charge is 0.377 e. The Morgan fingerprint density at radius 3 is 2.85 bits per heavy atom. The molecule has 2 aliphatic rings. The predicted molar refractivity (Wildman–Crippen MR) is 85.1 cm³/mol. The minimum Gasteiger partial charge on any atom is -0.377 e. The molecule has 1 aliphatic carbocycles. The quantitative estimate of drug-likeness (QED) is 0.811. The Bertz CT molecular complexity index is 278. The molecule has 0 aromatic carbocycles. The van der Waals surface area contributed by atoms with Crippen molar-refractivity contribution >= 4 is 0 Å². The van der Waals surface area contributed by atoms with Crippen LogP contribution in [0.2, 0.25) is 0 Å². The van der Waals surface area contributed by atoms with Crippen LogP contribution in [0.1, 0.15) is 52.4 Å². The lowest BCUT2D eigenvalue weighted by Gasteiger charge is -2.45. The summed E-state index contributed by atoms with van der Waals surface area (Å²) >= 11 is 0. The Labute approximate surface area is 125 Å². The number of nitrogens with zero attached hydrogens (tertiary/aromatic N) is 1. The SMILES string of the molecule is CCOC1CCCN(CC2(CNC)CCCC(C)C2)C1. The minimum atomic E-state index is 0.474. The maximum absolute atomic E-state index is 5.86. The Kier molecular flexibility index (Phi) is 6.31.